The zero-order valence-corrected chi connectivity index (χ0v) is 11.4. The number of hydrogen-bond donors (Lipinski definition) is 1. The largest absolute Gasteiger partial charge is 0.308 e. The molecule has 0 aliphatic carbocycles. The third-order valence-corrected chi connectivity index (χ3v) is 4.41. The highest BCUT2D eigenvalue weighted by Crippen LogP contribution is 2.00. The summed E-state index contributed by atoms with van der Waals surface area (Å²) in [5, 5.41) is 3.17. The van der Waals surface area contributed by atoms with Crippen LogP contribution in [-0.2, 0) is 16.4 Å². The molecule has 0 aliphatic heterocycles. The SMILES string of the molecule is CCS(=O)(=O)CC(C)NCc1cccc(C)n1. The Labute approximate surface area is 103 Å². The number of rotatable bonds is 6. The van der Waals surface area contributed by atoms with Crippen molar-refractivity contribution < 1.29 is 8.42 Å². The van der Waals surface area contributed by atoms with E-state index in [0.717, 1.165) is 11.4 Å². The van der Waals surface area contributed by atoms with Gasteiger partial charge < -0.3 is 5.32 Å². The number of nitrogens with zero attached hydrogens (tertiary/aromatic N) is 1. The fourth-order valence-corrected chi connectivity index (χ4v) is 2.65. The van der Waals surface area contributed by atoms with Crippen molar-refractivity contribution in [2.45, 2.75) is 33.4 Å². The smallest absolute Gasteiger partial charge is 0.151 e. The summed E-state index contributed by atoms with van der Waals surface area (Å²) < 4.78 is 22.8. The van der Waals surface area contributed by atoms with E-state index in [0.29, 0.717) is 6.54 Å². The fraction of sp³-hybridized carbons (Fsp3) is 0.583. The molecule has 0 fully saturated rings. The average Bonchev–Trinajstić information content (AvgIpc) is 2.26. The maximum absolute atomic E-state index is 11.4. The summed E-state index contributed by atoms with van der Waals surface area (Å²) in [5.74, 6) is 0.372. The van der Waals surface area contributed by atoms with Crippen molar-refractivity contribution in [2.75, 3.05) is 11.5 Å². The van der Waals surface area contributed by atoms with E-state index >= 15 is 0 Å². The molecule has 0 amide bonds. The molecule has 1 atom stereocenters. The standard InChI is InChI=1S/C12H20N2O2S/c1-4-17(15,16)9-11(3)13-8-12-7-5-6-10(2)14-12/h5-7,11,13H,4,8-9H2,1-3H3. The van der Waals surface area contributed by atoms with Crippen LogP contribution in [-0.4, -0.2) is 30.9 Å². The van der Waals surface area contributed by atoms with Crippen LogP contribution in [0.2, 0.25) is 0 Å². The molecule has 96 valence electrons. The van der Waals surface area contributed by atoms with Gasteiger partial charge >= 0.3 is 0 Å². The minimum absolute atomic E-state index is 0.0535. The fourth-order valence-electron chi connectivity index (χ4n) is 1.53. The second-order valence-corrected chi connectivity index (χ2v) is 6.65. The van der Waals surface area contributed by atoms with Gasteiger partial charge in [-0.1, -0.05) is 13.0 Å². The minimum atomic E-state index is -2.91. The highest BCUT2D eigenvalue weighted by Gasteiger charge is 2.13. The van der Waals surface area contributed by atoms with E-state index in [-0.39, 0.29) is 17.5 Å². The maximum Gasteiger partial charge on any atom is 0.151 e. The number of hydrogen-bond acceptors (Lipinski definition) is 4. The van der Waals surface area contributed by atoms with E-state index in [1.807, 2.05) is 32.0 Å². The molecule has 4 nitrogen and oxygen atoms in total. The molecule has 0 spiro atoms. The lowest BCUT2D eigenvalue weighted by molar-refractivity contribution is 0.553. The van der Waals surface area contributed by atoms with Crippen LogP contribution in [0.15, 0.2) is 18.2 Å². The van der Waals surface area contributed by atoms with Gasteiger partial charge in [-0.05, 0) is 26.0 Å². The summed E-state index contributed by atoms with van der Waals surface area (Å²) >= 11 is 0. The van der Waals surface area contributed by atoms with Crippen molar-refractivity contribution >= 4 is 9.84 Å². The summed E-state index contributed by atoms with van der Waals surface area (Å²) in [7, 11) is -2.91. The van der Waals surface area contributed by atoms with E-state index in [9.17, 15) is 8.42 Å². The minimum Gasteiger partial charge on any atom is -0.308 e. The molecule has 1 N–H and O–H groups in total. The number of aryl methyl sites for hydroxylation is 1. The molecule has 1 aromatic heterocycles. The van der Waals surface area contributed by atoms with Crippen molar-refractivity contribution in [1.82, 2.24) is 10.3 Å². The molecule has 1 heterocycles. The molecule has 0 bridgehead atoms. The van der Waals surface area contributed by atoms with Crippen LogP contribution < -0.4 is 5.32 Å². The Hall–Kier alpha value is -0.940. The summed E-state index contributed by atoms with van der Waals surface area (Å²) in [6.07, 6.45) is 0. The number of sulfone groups is 1. The summed E-state index contributed by atoms with van der Waals surface area (Å²) in [6, 6.07) is 5.77. The Morgan fingerprint density at radius 3 is 2.71 bits per heavy atom. The summed E-state index contributed by atoms with van der Waals surface area (Å²) in [5.41, 5.74) is 1.91. The zero-order chi connectivity index (χ0) is 12.9. The molecule has 0 aromatic carbocycles. The Bertz CT molecular complexity index is 457. The van der Waals surface area contributed by atoms with Gasteiger partial charge in [-0.3, -0.25) is 4.98 Å². The van der Waals surface area contributed by atoms with E-state index in [4.69, 9.17) is 0 Å². The zero-order valence-electron chi connectivity index (χ0n) is 10.6. The van der Waals surface area contributed by atoms with Gasteiger partial charge in [-0.2, -0.15) is 0 Å². The molecule has 0 radical (unpaired) electrons. The third-order valence-electron chi connectivity index (χ3n) is 2.52. The number of nitrogens with one attached hydrogen (secondary N) is 1. The number of pyridine rings is 1. The van der Waals surface area contributed by atoms with Crippen molar-refractivity contribution in [3.63, 3.8) is 0 Å². The van der Waals surface area contributed by atoms with Crippen LogP contribution in [0.4, 0.5) is 0 Å². The Morgan fingerprint density at radius 1 is 1.41 bits per heavy atom. The Balaban J connectivity index is 2.46. The monoisotopic (exact) mass is 256 g/mol. The Morgan fingerprint density at radius 2 is 2.12 bits per heavy atom. The normalized spacial score (nSPS) is 13.6. The predicted octanol–water partition coefficient (Wildman–Crippen LogP) is 1.30. The van der Waals surface area contributed by atoms with Crippen LogP contribution in [0.1, 0.15) is 25.2 Å². The van der Waals surface area contributed by atoms with E-state index < -0.39 is 9.84 Å². The third kappa shape index (κ3) is 5.28. The lowest BCUT2D eigenvalue weighted by Crippen LogP contribution is -2.33. The van der Waals surface area contributed by atoms with Crippen LogP contribution in [0.25, 0.3) is 0 Å². The first-order chi connectivity index (χ1) is 7.93. The van der Waals surface area contributed by atoms with Gasteiger partial charge in [0.05, 0.1) is 11.4 Å². The van der Waals surface area contributed by atoms with E-state index in [2.05, 4.69) is 10.3 Å². The molecular formula is C12H20N2O2S. The first-order valence-corrected chi connectivity index (χ1v) is 7.61. The van der Waals surface area contributed by atoms with Gasteiger partial charge in [-0.15, -0.1) is 0 Å². The average molecular weight is 256 g/mol. The van der Waals surface area contributed by atoms with Gasteiger partial charge in [-0.25, -0.2) is 8.42 Å². The quantitative estimate of drug-likeness (QED) is 0.833. The maximum atomic E-state index is 11.4. The van der Waals surface area contributed by atoms with Crippen molar-refractivity contribution in [1.29, 1.82) is 0 Å². The lowest BCUT2D eigenvalue weighted by Gasteiger charge is -2.13. The molecule has 5 heteroatoms. The number of aromatic nitrogens is 1. The molecule has 1 rings (SSSR count). The van der Waals surface area contributed by atoms with Gasteiger partial charge in [0, 0.05) is 24.0 Å². The molecule has 0 aliphatic rings. The predicted molar refractivity (Wildman–Crippen MR) is 69.6 cm³/mol. The summed E-state index contributed by atoms with van der Waals surface area (Å²) in [4.78, 5) is 4.35. The topological polar surface area (TPSA) is 59.1 Å². The molecular weight excluding hydrogens is 236 g/mol. The van der Waals surface area contributed by atoms with Gasteiger partial charge in [0.2, 0.25) is 0 Å². The van der Waals surface area contributed by atoms with Crippen LogP contribution in [0.3, 0.4) is 0 Å². The van der Waals surface area contributed by atoms with E-state index in [1.165, 1.54) is 0 Å². The van der Waals surface area contributed by atoms with Gasteiger partial charge in [0.25, 0.3) is 0 Å². The molecule has 1 aromatic rings. The summed E-state index contributed by atoms with van der Waals surface area (Å²) in [6.45, 7) is 6.09. The lowest BCUT2D eigenvalue weighted by atomic mass is 10.3. The second-order valence-electron chi connectivity index (χ2n) is 4.25. The van der Waals surface area contributed by atoms with Gasteiger partial charge in [0.15, 0.2) is 9.84 Å². The molecule has 1 unspecified atom stereocenters. The van der Waals surface area contributed by atoms with E-state index in [1.54, 1.807) is 6.92 Å². The molecule has 0 saturated carbocycles. The molecule has 17 heavy (non-hydrogen) atoms. The second kappa shape index (κ2) is 6.12. The first-order valence-electron chi connectivity index (χ1n) is 5.79. The van der Waals surface area contributed by atoms with Crippen LogP contribution in [0.5, 0.6) is 0 Å². The molecule has 0 saturated heterocycles. The van der Waals surface area contributed by atoms with Crippen molar-refractivity contribution in [3.8, 4) is 0 Å². The van der Waals surface area contributed by atoms with Crippen LogP contribution >= 0.6 is 0 Å². The van der Waals surface area contributed by atoms with Gasteiger partial charge in [0.1, 0.15) is 0 Å². The highest BCUT2D eigenvalue weighted by molar-refractivity contribution is 7.91. The first kappa shape index (κ1) is 14.1. The van der Waals surface area contributed by atoms with Crippen molar-refractivity contribution in [3.05, 3.63) is 29.6 Å². The van der Waals surface area contributed by atoms with Crippen LogP contribution in [0, 0.1) is 6.92 Å². The van der Waals surface area contributed by atoms with Crippen molar-refractivity contribution in [2.24, 2.45) is 0 Å². The highest BCUT2D eigenvalue weighted by atomic mass is 32.2. The Kier molecular flexibility index (Phi) is 5.08.